The van der Waals surface area contributed by atoms with E-state index in [1.54, 1.807) is 47.6 Å². The first kappa shape index (κ1) is 34.7. The lowest BCUT2D eigenvalue weighted by molar-refractivity contribution is -0.176. The van der Waals surface area contributed by atoms with Gasteiger partial charge in [-0.3, -0.25) is 4.79 Å². The highest BCUT2D eigenvalue weighted by Crippen LogP contribution is 2.64. The summed E-state index contributed by atoms with van der Waals surface area (Å²) in [4.78, 5) is 53.9. The average Bonchev–Trinajstić information content (AvgIpc) is 3.30. The van der Waals surface area contributed by atoms with Crippen LogP contribution in [0.15, 0.2) is 24.0 Å². The molecule has 1 aromatic carbocycles. The number of alkyl carbamates (subject to hydrolysis) is 1. The molecule has 1 spiro atoms. The number of benzene rings is 1. The smallest absolute Gasteiger partial charge is 0.408 e. The van der Waals surface area contributed by atoms with Crippen molar-refractivity contribution in [1.82, 2.24) is 10.2 Å². The Hall–Kier alpha value is -3.64. The van der Waals surface area contributed by atoms with Gasteiger partial charge in [-0.2, -0.15) is 0 Å². The van der Waals surface area contributed by atoms with Crippen molar-refractivity contribution in [2.75, 3.05) is 13.6 Å². The molecule has 47 heavy (non-hydrogen) atoms. The summed E-state index contributed by atoms with van der Waals surface area (Å²) in [6.45, 7) is 14.3. The number of aryl methyl sites for hydroxylation is 1. The normalized spacial score (nSPS) is 27.3. The molecule has 0 aromatic heterocycles. The molecule has 1 amide bonds. The lowest BCUT2D eigenvalue weighted by Crippen LogP contribution is -2.74. The number of ether oxygens (including phenoxy) is 5. The summed E-state index contributed by atoms with van der Waals surface area (Å²) in [6, 6.07) is 2.68. The van der Waals surface area contributed by atoms with Crippen molar-refractivity contribution in [3.8, 4) is 5.75 Å². The summed E-state index contributed by atoms with van der Waals surface area (Å²) in [5.74, 6) is -1.36. The second-order valence-corrected chi connectivity index (χ2v) is 15.2. The Bertz CT molecular complexity index is 1490. The Labute approximate surface area is 276 Å². The molecule has 2 N–H and O–H groups in total. The van der Waals surface area contributed by atoms with E-state index in [0.717, 1.165) is 29.0 Å². The number of hydrogen-bond acceptors (Lipinski definition) is 11. The number of likely N-dealkylation sites (N-methyl/N-ethyl adjacent to an activating group) is 1. The predicted octanol–water partition coefficient (Wildman–Crippen LogP) is 3.76. The minimum Gasteiger partial charge on any atom is -0.481 e. The van der Waals surface area contributed by atoms with Crippen molar-refractivity contribution >= 4 is 24.0 Å². The van der Waals surface area contributed by atoms with Gasteiger partial charge in [0.05, 0.1) is 11.0 Å². The van der Waals surface area contributed by atoms with Crippen LogP contribution in [0.4, 0.5) is 4.79 Å². The van der Waals surface area contributed by atoms with E-state index < -0.39 is 64.5 Å². The van der Waals surface area contributed by atoms with Crippen LogP contribution < -0.4 is 10.1 Å². The topological polar surface area (TPSA) is 150 Å². The minimum absolute atomic E-state index is 0.132. The minimum atomic E-state index is -1.37. The quantitative estimate of drug-likeness (QED) is 0.311. The van der Waals surface area contributed by atoms with Gasteiger partial charge in [0.25, 0.3) is 0 Å². The van der Waals surface area contributed by atoms with Crippen LogP contribution in [-0.4, -0.2) is 88.7 Å². The molecule has 258 valence electrons. The van der Waals surface area contributed by atoms with Crippen LogP contribution in [-0.2, 0) is 45.2 Å². The number of carbonyl (C=O) groups excluding carboxylic acids is 4. The molecule has 4 aliphatic rings. The third-order valence-electron chi connectivity index (χ3n) is 9.45. The van der Waals surface area contributed by atoms with E-state index in [1.165, 1.54) is 6.92 Å². The summed E-state index contributed by atoms with van der Waals surface area (Å²) in [7, 11) is 2.02. The molecular formula is C35H48N2O10. The fourth-order valence-corrected chi connectivity index (χ4v) is 7.44. The highest BCUT2D eigenvalue weighted by atomic mass is 16.6. The number of esters is 3. The number of hydrogen-bond donors (Lipinski definition) is 2. The first-order valence-electron chi connectivity index (χ1n) is 16.3. The van der Waals surface area contributed by atoms with Crippen LogP contribution >= 0.6 is 0 Å². The summed E-state index contributed by atoms with van der Waals surface area (Å²) in [5.41, 5.74) is -0.435. The van der Waals surface area contributed by atoms with Gasteiger partial charge < -0.3 is 39.0 Å². The van der Waals surface area contributed by atoms with Crippen molar-refractivity contribution < 1.29 is 48.0 Å². The van der Waals surface area contributed by atoms with Crippen molar-refractivity contribution in [2.24, 2.45) is 0 Å². The van der Waals surface area contributed by atoms with Crippen LogP contribution in [0.2, 0.25) is 0 Å². The van der Waals surface area contributed by atoms with Crippen LogP contribution in [0, 0.1) is 6.92 Å². The van der Waals surface area contributed by atoms with Gasteiger partial charge in [0, 0.05) is 24.4 Å². The summed E-state index contributed by atoms with van der Waals surface area (Å²) in [6.07, 6.45) is -0.0597. The third-order valence-corrected chi connectivity index (χ3v) is 9.45. The Balaban J connectivity index is 1.31. The number of carbonyl (C=O) groups is 4. The molecule has 6 atom stereocenters. The number of rotatable bonds is 8. The molecule has 5 rings (SSSR count). The Morgan fingerprint density at radius 3 is 2.43 bits per heavy atom. The predicted molar refractivity (Wildman–Crippen MR) is 170 cm³/mol. The first-order chi connectivity index (χ1) is 21.8. The van der Waals surface area contributed by atoms with Gasteiger partial charge in [-0.05, 0) is 105 Å². The summed E-state index contributed by atoms with van der Waals surface area (Å²) >= 11 is 0. The lowest BCUT2D eigenvalue weighted by atomic mass is 9.50. The Kier molecular flexibility index (Phi) is 8.94. The molecule has 12 nitrogen and oxygen atoms in total. The second kappa shape index (κ2) is 12.1. The molecule has 2 heterocycles. The number of likely N-dealkylation sites (tertiary alicyclic amines) is 1. The van der Waals surface area contributed by atoms with Gasteiger partial charge in [0.15, 0.2) is 12.2 Å². The molecule has 12 heteroatoms. The molecule has 0 radical (unpaired) electrons. The van der Waals surface area contributed by atoms with Crippen LogP contribution in [0.1, 0.15) is 90.8 Å². The van der Waals surface area contributed by atoms with Crippen LogP contribution in [0.25, 0.3) is 0 Å². The average molecular weight is 657 g/mol. The van der Waals surface area contributed by atoms with Gasteiger partial charge in [0.2, 0.25) is 0 Å². The second-order valence-electron chi connectivity index (χ2n) is 15.2. The van der Waals surface area contributed by atoms with E-state index in [1.807, 2.05) is 20.0 Å². The van der Waals surface area contributed by atoms with E-state index in [4.69, 9.17) is 23.7 Å². The standard InChI is InChI=1S/C35H48N2O10/c1-19-10-11-21-18-24-35(42)15-14-23(28-34(35,16-17-37(24)9)26(21)27(19)45-28)44-29(39)20(2)43-30(40)22(36-31(41)47-33(6,7)8)12-13-25(38)46-32(3,4)5/h10-11,14,20,22,24,28,42H,12-13,15-18H2,1-9H3,(H,36,41)/t20-,22-,24+,28-,34-,35+/m0/s1. The van der Waals surface area contributed by atoms with Gasteiger partial charge in [-0.1, -0.05) is 12.1 Å². The maximum atomic E-state index is 13.4. The van der Waals surface area contributed by atoms with Gasteiger partial charge >= 0.3 is 24.0 Å². The van der Waals surface area contributed by atoms with Gasteiger partial charge in [-0.25, -0.2) is 14.4 Å². The highest BCUT2D eigenvalue weighted by Gasteiger charge is 2.71. The van der Waals surface area contributed by atoms with Crippen molar-refractivity contribution in [3.63, 3.8) is 0 Å². The molecular weight excluding hydrogens is 608 g/mol. The molecule has 0 saturated carbocycles. The summed E-state index contributed by atoms with van der Waals surface area (Å²) < 4.78 is 28.6. The van der Waals surface area contributed by atoms with Crippen LogP contribution in [0.3, 0.4) is 0 Å². The summed E-state index contributed by atoms with van der Waals surface area (Å²) in [5, 5.41) is 14.8. The van der Waals surface area contributed by atoms with Crippen molar-refractivity contribution in [3.05, 3.63) is 40.7 Å². The molecule has 1 saturated heterocycles. The molecule has 1 fully saturated rings. The Morgan fingerprint density at radius 1 is 1.09 bits per heavy atom. The molecule has 0 unspecified atom stereocenters. The zero-order valence-electron chi connectivity index (χ0n) is 28.9. The molecule has 1 aromatic rings. The maximum Gasteiger partial charge on any atom is 0.408 e. The fourth-order valence-electron chi connectivity index (χ4n) is 7.44. The number of piperidine rings is 1. The molecule has 2 aliphatic carbocycles. The SMILES string of the molecule is Cc1ccc2c3c1O[C@H]1C(OC(=O)[C@H](C)OC(=O)[C@H](CCC(=O)OC(C)(C)C)NC(=O)OC(C)(C)C)=CC[C@@]4(O)[C@@H](C2)N(C)CC[C@]314. The van der Waals surface area contributed by atoms with E-state index in [9.17, 15) is 24.3 Å². The van der Waals surface area contributed by atoms with E-state index in [0.29, 0.717) is 12.8 Å². The highest BCUT2D eigenvalue weighted by molar-refractivity contribution is 5.85. The third kappa shape index (κ3) is 6.46. The van der Waals surface area contributed by atoms with Crippen LogP contribution in [0.5, 0.6) is 5.75 Å². The number of amides is 1. The molecule has 2 bridgehead atoms. The maximum absolute atomic E-state index is 13.4. The van der Waals surface area contributed by atoms with E-state index in [2.05, 4.69) is 16.3 Å². The van der Waals surface area contributed by atoms with Gasteiger partial charge in [-0.15, -0.1) is 0 Å². The van der Waals surface area contributed by atoms with Crippen molar-refractivity contribution in [1.29, 1.82) is 0 Å². The fraction of sp³-hybridized carbons (Fsp3) is 0.657. The van der Waals surface area contributed by atoms with Gasteiger partial charge in [0.1, 0.15) is 28.8 Å². The largest absolute Gasteiger partial charge is 0.481 e. The lowest BCUT2D eigenvalue weighted by Gasteiger charge is -2.61. The van der Waals surface area contributed by atoms with E-state index in [-0.39, 0.29) is 31.1 Å². The molecule has 2 aliphatic heterocycles. The van der Waals surface area contributed by atoms with E-state index >= 15 is 0 Å². The van der Waals surface area contributed by atoms with Crippen molar-refractivity contribution in [2.45, 2.75) is 134 Å². The Morgan fingerprint density at radius 2 is 1.77 bits per heavy atom. The number of nitrogens with zero attached hydrogens (tertiary/aromatic N) is 1. The zero-order chi connectivity index (χ0) is 34.7. The zero-order valence-corrected chi connectivity index (χ0v) is 28.9. The first-order valence-corrected chi connectivity index (χ1v) is 16.3. The monoisotopic (exact) mass is 656 g/mol. The number of aliphatic hydroxyl groups is 1. The number of nitrogens with one attached hydrogen (secondary N) is 1.